The SMILES string of the molecule is Nc1ccnc(=O)[nH]1.Nc1ncnc2nc(F)[nH]c12. The van der Waals surface area contributed by atoms with Gasteiger partial charge in [0.25, 0.3) is 6.08 Å². The molecule has 0 aliphatic heterocycles. The lowest BCUT2D eigenvalue weighted by Crippen LogP contribution is -2.10. The van der Waals surface area contributed by atoms with E-state index in [1.165, 1.54) is 18.6 Å². The zero-order valence-electron chi connectivity index (χ0n) is 9.46. The van der Waals surface area contributed by atoms with Crippen molar-refractivity contribution in [3.05, 3.63) is 35.2 Å². The molecule has 0 bridgehead atoms. The lowest BCUT2D eigenvalue weighted by Gasteiger charge is -1.89. The van der Waals surface area contributed by atoms with Gasteiger partial charge in [-0.2, -0.15) is 9.37 Å². The van der Waals surface area contributed by atoms with E-state index in [1.807, 2.05) is 0 Å². The van der Waals surface area contributed by atoms with Crippen molar-refractivity contribution in [1.82, 2.24) is 29.9 Å². The van der Waals surface area contributed by atoms with Gasteiger partial charge in [-0.05, 0) is 6.07 Å². The molecule has 0 amide bonds. The van der Waals surface area contributed by atoms with Crippen LogP contribution in [0.1, 0.15) is 0 Å². The summed E-state index contributed by atoms with van der Waals surface area (Å²) in [5.41, 5.74) is 10.7. The van der Waals surface area contributed by atoms with Gasteiger partial charge >= 0.3 is 5.69 Å². The molecule has 3 aromatic heterocycles. The third-order valence-electron chi connectivity index (χ3n) is 1.99. The lowest BCUT2D eigenvalue weighted by molar-refractivity contribution is 0.556. The van der Waals surface area contributed by atoms with E-state index < -0.39 is 11.8 Å². The number of anilines is 2. The first-order valence-electron chi connectivity index (χ1n) is 4.99. The molecule has 10 heteroatoms. The van der Waals surface area contributed by atoms with Gasteiger partial charge < -0.3 is 16.5 Å². The number of hydrogen-bond donors (Lipinski definition) is 4. The molecule has 3 aromatic rings. The topological polar surface area (TPSA) is 152 Å². The number of nitrogen functional groups attached to an aromatic ring is 2. The predicted molar refractivity (Wildman–Crippen MR) is 65.3 cm³/mol. The highest BCUT2D eigenvalue weighted by molar-refractivity contribution is 5.80. The summed E-state index contributed by atoms with van der Waals surface area (Å²) in [7, 11) is 0. The van der Waals surface area contributed by atoms with Crippen molar-refractivity contribution in [3.63, 3.8) is 0 Å². The van der Waals surface area contributed by atoms with Crippen molar-refractivity contribution < 1.29 is 4.39 Å². The van der Waals surface area contributed by atoms with Gasteiger partial charge in [-0.3, -0.25) is 4.98 Å². The second kappa shape index (κ2) is 5.08. The summed E-state index contributed by atoms with van der Waals surface area (Å²) < 4.78 is 12.4. The molecule has 0 radical (unpaired) electrons. The van der Waals surface area contributed by atoms with Gasteiger partial charge in [-0.25, -0.2) is 19.7 Å². The minimum atomic E-state index is -0.702. The quantitative estimate of drug-likeness (QED) is 0.396. The molecule has 0 fully saturated rings. The Labute approximate surface area is 104 Å². The molecular weight excluding hydrogens is 255 g/mol. The van der Waals surface area contributed by atoms with Gasteiger partial charge in [0.15, 0.2) is 11.5 Å². The zero-order chi connectivity index (χ0) is 13.8. The molecule has 0 unspecified atom stereocenters. The van der Waals surface area contributed by atoms with Gasteiger partial charge in [0, 0.05) is 6.20 Å². The molecular formula is C9H9FN8O. The van der Waals surface area contributed by atoms with Crippen LogP contribution in [-0.2, 0) is 0 Å². The highest BCUT2D eigenvalue weighted by Gasteiger charge is 2.05. The molecule has 6 N–H and O–H groups in total. The first-order valence-corrected chi connectivity index (χ1v) is 4.99. The minimum Gasteiger partial charge on any atom is -0.385 e. The number of H-pyrrole nitrogens is 2. The number of aromatic nitrogens is 6. The van der Waals surface area contributed by atoms with E-state index in [-0.39, 0.29) is 11.5 Å². The maximum Gasteiger partial charge on any atom is 0.346 e. The van der Waals surface area contributed by atoms with Crippen LogP contribution in [0.5, 0.6) is 0 Å². The van der Waals surface area contributed by atoms with Crippen molar-refractivity contribution >= 4 is 22.8 Å². The molecule has 3 heterocycles. The first kappa shape index (κ1) is 12.4. The van der Waals surface area contributed by atoms with Crippen LogP contribution in [0, 0.1) is 6.08 Å². The third-order valence-corrected chi connectivity index (χ3v) is 1.99. The number of halogens is 1. The van der Waals surface area contributed by atoms with Crippen LogP contribution in [0.3, 0.4) is 0 Å². The largest absolute Gasteiger partial charge is 0.385 e. The van der Waals surface area contributed by atoms with Gasteiger partial charge in [-0.15, -0.1) is 0 Å². The smallest absolute Gasteiger partial charge is 0.346 e. The van der Waals surface area contributed by atoms with Crippen molar-refractivity contribution in [2.24, 2.45) is 0 Å². The monoisotopic (exact) mass is 264 g/mol. The predicted octanol–water partition coefficient (Wildman–Crippen LogP) is -0.574. The van der Waals surface area contributed by atoms with Crippen LogP contribution in [-0.4, -0.2) is 29.9 Å². The van der Waals surface area contributed by atoms with E-state index in [1.54, 1.807) is 0 Å². The van der Waals surface area contributed by atoms with Gasteiger partial charge in [0.1, 0.15) is 17.7 Å². The number of aromatic amines is 2. The third kappa shape index (κ3) is 3.00. The molecule has 9 nitrogen and oxygen atoms in total. The number of imidazole rings is 1. The van der Waals surface area contributed by atoms with Gasteiger partial charge in [-0.1, -0.05) is 0 Å². The van der Waals surface area contributed by atoms with E-state index in [0.717, 1.165) is 0 Å². The summed E-state index contributed by atoms with van der Waals surface area (Å²) in [6, 6.07) is 1.52. The second-order valence-corrected chi connectivity index (χ2v) is 3.32. The summed E-state index contributed by atoms with van der Waals surface area (Å²) in [4.78, 5) is 28.9. The Hall–Kier alpha value is -3.04. The van der Waals surface area contributed by atoms with Crippen LogP contribution in [0.15, 0.2) is 23.4 Å². The zero-order valence-corrected chi connectivity index (χ0v) is 9.46. The Kier molecular flexibility index (Phi) is 3.32. The van der Waals surface area contributed by atoms with Gasteiger partial charge in [0.05, 0.1) is 0 Å². The van der Waals surface area contributed by atoms with Crippen molar-refractivity contribution in [1.29, 1.82) is 0 Å². The molecule has 0 saturated heterocycles. The number of nitrogens with two attached hydrogens (primary N) is 2. The fourth-order valence-electron chi connectivity index (χ4n) is 1.20. The lowest BCUT2D eigenvalue weighted by atomic mass is 10.5. The van der Waals surface area contributed by atoms with Crippen LogP contribution < -0.4 is 17.2 Å². The van der Waals surface area contributed by atoms with Crippen LogP contribution >= 0.6 is 0 Å². The molecule has 0 saturated carbocycles. The van der Waals surface area contributed by atoms with E-state index in [4.69, 9.17) is 11.5 Å². The molecule has 0 aromatic carbocycles. The van der Waals surface area contributed by atoms with Crippen molar-refractivity contribution in [2.45, 2.75) is 0 Å². The van der Waals surface area contributed by atoms with Gasteiger partial charge in [0.2, 0.25) is 0 Å². The minimum absolute atomic E-state index is 0.200. The Bertz CT molecular complexity index is 751. The molecule has 0 atom stereocenters. The molecule has 0 spiro atoms. The summed E-state index contributed by atoms with van der Waals surface area (Å²) in [5, 5.41) is 0. The summed E-state index contributed by atoms with van der Waals surface area (Å²) >= 11 is 0. The Morgan fingerprint density at radius 3 is 2.53 bits per heavy atom. The second-order valence-electron chi connectivity index (χ2n) is 3.32. The van der Waals surface area contributed by atoms with Crippen LogP contribution in [0.25, 0.3) is 11.2 Å². The van der Waals surface area contributed by atoms with Crippen molar-refractivity contribution in [2.75, 3.05) is 11.5 Å². The number of nitrogens with zero attached hydrogens (tertiary/aromatic N) is 4. The van der Waals surface area contributed by atoms with E-state index in [0.29, 0.717) is 11.3 Å². The first-order chi connectivity index (χ1) is 9.06. The Balaban J connectivity index is 0.000000148. The molecule has 19 heavy (non-hydrogen) atoms. The normalized spacial score (nSPS) is 9.95. The Morgan fingerprint density at radius 1 is 1.16 bits per heavy atom. The van der Waals surface area contributed by atoms with E-state index in [2.05, 4.69) is 29.9 Å². The van der Waals surface area contributed by atoms with Crippen molar-refractivity contribution in [3.8, 4) is 0 Å². The average Bonchev–Trinajstić information content (AvgIpc) is 2.72. The maximum absolute atomic E-state index is 12.4. The molecule has 0 aliphatic carbocycles. The maximum atomic E-state index is 12.4. The van der Waals surface area contributed by atoms with Crippen LogP contribution in [0.4, 0.5) is 16.0 Å². The summed E-state index contributed by atoms with van der Waals surface area (Å²) in [6.45, 7) is 0. The Morgan fingerprint density at radius 2 is 1.95 bits per heavy atom. The number of nitrogens with one attached hydrogen (secondary N) is 2. The fourth-order valence-corrected chi connectivity index (χ4v) is 1.20. The highest BCUT2D eigenvalue weighted by atomic mass is 19.1. The summed E-state index contributed by atoms with van der Waals surface area (Å²) in [5.74, 6) is 0.538. The van der Waals surface area contributed by atoms with Crippen LogP contribution in [0.2, 0.25) is 0 Å². The molecule has 0 aliphatic rings. The average molecular weight is 264 g/mol. The molecule has 98 valence electrons. The number of hydrogen-bond acceptors (Lipinski definition) is 7. The van der Waals surface area contributed by atoms with E-state index in [9.17, 15) is 9.18 Å². The standard InChI is InChI=1S/C5H4FN5.C4H5N3O/c6-5-10-2-3(7)8-1-9-4(2)11-5;5-3-1-2-6-4(8)7-3/h1H,(H3,7,8,9,10,11);1-2H,(H3,5,6,7,8). The van der Waals surface area contributed by atoms with E-state index >= 15 is 0 Å². The number of rotatable bonds is 0. The fraction of sp³-hybridized carbons (Fsp3) is 0. The molecule has 3 rings (SSSR count). The highest BCUT2D eigenvalue weighted by Crippen LogP contribution is 2.11. The number of fused-ring (bicyclic) bond motifs is 1. The summed E-state index contributed by atoms with van der Waals surface area (Å²) in [6.07, 6.45) is 1.89.